The number of anilines is 2. The number of carbonyl (C=O) groups excluding carboxylic acids is 4. The number of amides is 2. The SMILES string of the molecule is CCOC(=O)c1c(NC(=O)COC(=O)c2ccccc2)sc(C(=O)Nc2ccccc2)c1C. The maximum absolute atomic E-state index is 12.8. The highest BCUT2D eigenvalue weighted by Gasteiger charge is 2.27. The normalized spacial score (nSPS) is 10.2. The highest BCUT2D eigenvalue weighted by Crippen LogP contribution is 2.34. The number of benzene rings is 2. The van der Waals surface area contributed by atoms with Gasteiger partial charge in [0, 0.05) is 5.69 Å². The summed E-state index contributed by atoms with van der Waals surface area (Å²) in [5.41, 5.74) is 1.36. The van der Waals surface area contributed by atoms with Crippen LogP contribution in [-0.2, 0) is 14.3 Å². The van der Waals surface area contributed by atoms with Crippen LogP contribution >= 0.6 is 11.3 Å². The number of esters is 2. The molecule has 170 valence electrons. The predicted octanol–water partition coefficient (Wildman–Crippen LogP) is 4.28. The first kappa shape index (κ1) is 23.7. The van der Waals surface area contributed by atoms with Gasteiger partial charge in [-0.2, -0.15) is 0 Å². The molecule has 0 bridgehead atoms. The number of carbonyl (C=O) groups is 4. The Labute approximate surface area is 194 Å². The van der Waals surface area contributed by atoms with Crippen LogP contribution in [0.2, 0.25) is 0 Å². The second-order valence-corrected chi connectivity index (χ2v) is 7.81. The first-order chi connectivity index (χ1) is 15.9. The molecular formula is C24H22N2O6S. The molecule has 0 atom stereocenters. The molecule has 0 aliphatic rings. The molecule has 3 rings (SSSR count). The molecule has 0 aliphatic heterocycles. The summed E-state index contributed by atoms with van der Waals surface area (Å²) in [6.07, 6.45) is 0. The van der Waals surface area contributed by atoms with E-state index in [4.69, 9.17) is 9.47 Å². The summed E-state index contributed by atoms with van der Waals surface area (Å²) in [7, 11) is 0. The third-order valence-corrected chi connectivity index (χ3v) is 5.67. The predicted molar refractivity (Wildman–Crippen MR) is 125 cm³/mol. The number of nitrogens with one attached hydrogen (secondary N) is 2. The Bertz CT molecular complexity index is 1160. The lowest BCUT2D eigenvalue weighted by Gasteiger charge is -2.08. The van der Waals surface area contributed by atoms with Crippen molar-refractivity contribution in [2.45, 2.75) is 13.8 Å². The molecule has 8 nitrogen and oxygen atoms in total. The summed E-state index contributed by atoms with van der Waals surface area (Å²) in [5.74, 6) is -2.39. The molecule has 1 aromatic heterocycles. The minimum absolute atomic E-state index is 0.0859. The van der Waals surface area contributed by atoms with Crippen molar-refractivity contribution in [1.82, 2.24) is 0 Å². The molecule has 0 saturated heterocycles. The summed E-state index contributed by atoms with van der Waals surface area (Å²) in [4.78, 5) is 50.1. The zero-order valence-corrected chi connectivity index (χ0v) is 18.9. The first-order valence-electron chi connectivity index (χ1n) is 10.1. The van der Waals surface area contributed by atoms with E-state index in [9.17, 15) is 19.2 Å². The smallest absolute Gasteiger partial charge is 0.341 e. The molecule has 0 spiro atoms. The van der Waals surface area contributed by atoms with Gasteiger partial charge in [0.05, 0.1) is 22.6 Å². The Morgan fingerprint density at radius 2 is 1.48 bits per heavy atom. The first-order valence-corrected chi connectivity index (χ1v) is 10.9. The molecule has 0 aliphatic carbocycles. The molecule has 2 amide bonds. The van der Waals surface area contributed by atoms with Gasteiger partial charge in [-0.25, -0.2) is 9.59 Å². The number of hydrogen-bond donors (Lipinski definition) is 2. The molecule has 3 aromatic rings. The zero-order chi connectivity index (χ0) is 23.8. The van der Waals surface area contributed by atoms with Gasteiger partial charge in [0.1, 0.15) is 5.00 Å². The highest BCUT2D eigenvalue weighted by molar-refractivity contribution is 7.19. The number of thiophene rings is 1. The van der Waals surface area contributed by atoms with E-state index >= 15 is 0 Å². The number of hydrogen-bond acceptors (Lipinski definition) is 7. The fraction of sp³-hybridized carbons (Fsp3) is 0.167. The van der Waals surface area contributed by atoms with E-state index < -0.39 is 30.4 Å². The van der Waals surface area contributed by atoms with Gasteiger partial charge in [0.15, 0.2) is 6.61 Å². The quantitative estimate of drug-likeness (QED) is 0.480. The highest BCUT2D eigenvalue weighted by atomic mass is 32.1. The number of rotatable bonds is 8. The van der Waals surface area contributed by atoms with Crippen LogP contribution in [0.4, 0.5) is 10.7 Å². The fourth-order valence-electron chi connectivity index (χ4n) is 2.93. The van der Waals surface area contributed by atoms with Crippen LogP contribution in [0.15, 0.2) is 60.7 Å². The van der Waals surface area contributed by atoms with Crippen LogP contribution in [-0.4, -0.2) is 37.0 Å². The van der Waals surface area contributed by atoms with Crippen molar-refractivity contribution in [1.29, 1.82) is 0 Å². The van der Waals surface area contributed by atoms with E-state index in [0.717, 1.165) is 11.3 Å². The van der Waals surface area contributed by atoms with Crippen molar-refractivity contribution in [3.63, 3.8) is 0 Å². The van der Waals surface area contributed by atoms with Crippen LogP contribution in [0.1, 0.15) is 42.9 Å². The van der Waals surface area contributed by atoms with Gasteiger partial charge in [-0.15, -0.1) is 11.3 Å². The third kappa shape index (κ3) is 6.05. The van der Waals surface area contributed by atoms with Crippen molar-refractivity contribution in [2.24, 2.45) is 0 Å². The Morgan fingerprint density at radius 3 is 2.12 bits per heavy atom. The average molecular weight is 467 g/mol. The lowest BCUT2D eigenvalue weighted by molar-refractivity contribution is -0.119. The van der Waals surface area contributed by atoms with E-state index in [1.165, 1.54) is 0 Å². The van der Waals surface area contributed by atoms with Crippen LogP contribution in [0.25, 0.3) is 0 Å². The monoisotopic (exact) mass is 466 g/mol. The van der Waals surface area contributed by atoms with Gasteiger partial charge in [0.25, 0.3) is 11.8 Å². The molecule has 2 N–H and O–H groups in total. The lowest BCUT2D eigenvalue weighted by atomic mass is 10.1. The second kappa shape index (κ2) is 11.1. The Morgan fingerprint density at radius 1 is 0.848 bits per heavy atom. The lowest BCUT2D eigenvalue weighted by Crippen LogP contribution is -2.21. The standard InChI is InChI=1S/C24H22N2O6S/c1-3-31-24(30)19-15(2)20(21(28)25-17-12-8-5-9-13-17)33-22(19)26-18(27)14-32-23(29)16-10-6-4-7-11-16/h4-13H,3,14H2,1-2H3,(H,25,28)(H,26,27). The van der Waals surface area contributed by atoms with Crippen molar-refractivity contribution in [2.75, 3.05) is 23.8 Å². The zero-order valence-electron chi connectivity index (χ0n) is 18.0. The van der Waals surface area contributed by atoms with Crippen LogP contribution in [0, 0.1) is 6.92 Å². The molecule has 1 heterocycles. The number of para-hydroxylation sites is 1. The van der Waals surface area contributed by atoms with Gasteiger partial charge in [-0.05, 0) is 43.7 Å². The van der Waals surface area contributed by atoms with Crippen molar-refractivity contribution >= 4 is 45.8 Å². The van der Waals surface area contributed by atoms with Gasteiger partial charge in [0.2, 0.25) is 0 Å². The van der Waals surface area contributed by atoms with Crippen molar-refractivity contribution in [3.05, 3.63) is 82.2 Å². The van der Waals surface area contributed by atoms with Crippen LogP contribution in [0.3, 0.4) is 0 Å². The second-order valence-electron chi connectivity index (χ2n) is 6.79. The molecule has 0 fully saturated rings. The minimum atomic E-state index is -0.665. The van der Waals surface area contributed by atoms with E-state index in [1.54, 1.807) is 68.4 Å². The van der Waals surface area contributed by atoms with E-state index in [1.807, 2.05) is 6.07 Å². The molecular weight excluding hydrogens is 444 g/mol. The molecule has 2 aromatic carbocycles. The van der Waals surface area contributed by atoms with Crippen molar-refractivity contribution < 1.29 is 28.7 Å². The largest absolute Gasteiger partial charge is 0.462 e. The van der Waals surface area contributed by atoms with E-state index in [-0.39, 0.29) is 22.0 Å². The minimum Gasteiger partial charge on any atom is -0.462 e. The van der Waals surface area contributed by atoms with E-state index in [2.05, 4.69) is 10.6 Å². The topological polar surface area (TPSA) is 111 Å². The maximum atomic E-state index is 12.8. The molecule has 9 heteroatoms. The Kier molecular flexibility index (Phi) is 7.93. The molecule has 0 saturated carbocycles. The summed E-state index contributed by atoms with van der Waals surface area (Å²) in [6, 6.07) is 17.1. The van der Waals surface area contributed by atoms with Crippen LogP contribution in [0.5, 0.6) is 0 Å². The molecule has 0 radical (unpaired) electrons. The summed E-state index contributed by atoms with van der Waals surface area (Å²) < 4.78 is 10.1. The van der Waals surface area contributed by atoms with Gasteiger partial charge in [-0.1, -0.05) is 36.4 Å². The molecule has 33 heavy (non-hydrogen) atoms. The third-order valence-electron chi connectivity index (χ3n) is 4.46. The van der Waals surface area contributed by atoms with Gasteiger partial charge < -0.3 is 20.1 Å². The number of ether oxygens (including phenoxy) is 2. The fourth-order valence-corrected chi connectivity index (χ4v) is 4.03. The molecule has 0 unspecified atom stereocenters. The van der Waals surface area contributed by atoms with Crippen LogP contribution < -0.4 is 10.6 Å². The summed E-state index contributed by atoms with van der Waals surface area (Å²) >= 11 is 0.941. The Hall–Kier alpha value is -3.98. The summed E-state index contributed by atoms with van der Waals surface area (Å²) in [5, 5.41) is 5.46. The van der Waals surface area contributed by atoms with E-state index in [0.29, 0.717) is 16.8 Å². The van der Waals surface area contributed by atoms with Gasteiger partial charge in [-0.3, -0.25) is 9.59 Å². The van der Waals surface area contributed by atoms with Crippen molar-refractivity contribution in [3.8, 4) is 0 Å². The van der Waals surface area contributed by atoms with Gasteiger partial charge >= 0.3 is 11.9 Å². The summed E-state index contributed by atoms with van der Waals surface area (Å²) in [6.45, 7) is 2.83. The maximum Gasteiger partial charge on any atom is 0.341 e. The Balaban J connectivity index is 1.77. The average Bonchev–Trinajstić information content (AvgIpc) is 3.14.